The molecule has 23 heavy (non-hydrogen) atoms. The molecule has 118 valence electrons. The van der Waals surface area contributed by atoms with Crippen LogP contribution in [0.25, 0.3) is 22.2 Å². The molecule has 0 saturated carbocycles. The topological polar surface area (TPSA) is 70.1 Å². The molecular formula is C17H17N3O2S. The lowest BCUT2D eigenvalue weighted by Gasteiger charge is -2.23. The fraction of sp³-hybridized carbons (Fsp3) is 0.294. The largest absolute Gasteiger partial charge is 0.366 e. The number of rotatable bonds is 3. The highest BCUT2D eigenvalue weighted by Gasteiger charge is 2.22. The smallest absolute Gasteiger partial charge is 0.248 e. The summed E-state index contributed by atoms with van der Waals surface area (Å²) >= 11 is 1.63. The molecule has 5 nitrogen and oxygen atoms in total. The summed E-state index contributed by atoms with van der Waals surface area (Å²) in [5, 5.41) is 9.82. The summed E-state index contributed by atoms with van der Waals surface area (Å²) in [5.74, 6) is -0.426. The van der Waals surface area contributed by atoms with Crippen molar-refractivity contribution in [2.45, 2.75) is 25.5 Å². The lowest BCUT2D eigenvalue weighted by Crippen LogP contribution is -2.19. The van der Waals surface area contributed by atoms with Crippen LogP contribution in [0, 0.1) is 0 Å². The molecule has 1 amide bonds. The Morgan fingerprint density at radius 2 is 2.26 bits per heavy atom. The maximum atomic E-state index is 11.5. The van der Waals surface area contributed by atoms with Crippen molar-refractivity contribution < 1.29 is 9.53 Å². The molecule has 4 rings (SSSR count). The molecule has 0 aliphatic carbocycles. The Morgan fingerprint density at radius 1 is 1.35 bits per heavy atom. The standard InChI is InChI=1S/C17H17N3O2S/c18-17(21)11-4-5-14-13(9-11)16(12-6-8-23-10-12)19-20(14)15-3-1-2-7-22-15/h4-6,8-10,15H,1-3,7H2,(H2,18,21). The average Bonchev–Trinajstić information content (AvgIpc) is 3.22. The van der Waals surface area contributed by atoms with Crippen LogP contribution < -0.4 is 5.73 Å². The lowest BCUT2D eigenvalue weighted by molar-refractivity contribution is -0.0365. The van der Waals surface area contributed by atoms with E-state index < -0.39 is 5.91 Å². The fourth-order valence-electron chi connectivity index (χ4n) is 3.04. The number of primary amides is 1. The van der Waals surface area contributed by atoms with Crippen molar-refractivity contribution in [3.63, 3.8) is 0 Å². The minimum atomic E-state index is -0.426. The van der Waals surface area contributed by atoms with E-state index in [1.165, 1.54) is 0 Å². The molecule has 3 aromatic rings. The Labute approximate surface area is 137 Å². The summed E-state index contributed by atoms with van der Waals surface area (Å²) in [4.78, 5) is 11.5. The van der Waals surface area contributed by atoms with Crippen molar-refractivity contribution in [1.82, 2.24) is 9.78 Å². The number of ether oxygens (including phenoxy) is 1. The molecule has 2 aromatic heterocycles. The molecule has 0 radical (unpaired) electrons. The van der Waals surface area contributed by atoms with Gasteiger partial charge in [0.15, 0.2) is 6.23 Å². The maximum Gasteiger partial charge on any atom is 0.248 e. The van der Waals surface area contributed by atoms with Gasteiger partial charge in [0.2, 0.25) is 5.91 Å². The van der Waals surface area contributed by atoms with Gasteiger partial charge in [-0.25, -0.2) is 4.68 Å². The Balaban J connectivity index is 1.92. The van der Waals surface area contributed by atoms with Gasteiger partial charge in [-0.05, 0) is 48.9 Å². The predicted octanol–water partition coefficient (Wildman–Crippen LogP) is 3.56. The predicted molar refractivity (Wildman–Crippen MR) is 90.4 cm³/mol. The number of hydrogen-bond acceptors (Lipinski definition) is 4. The molecule has 2 N–H and O–H groups in total. The van der Waals surface area contributed by atoms with E-state index in [1.807, 2.05) is 28.3 Å². The number of hydrogen-bond donors (Lipinski definition) is 1. The first-order valence-corrected chi connectivity index (χ1v) is 8.64. The van der Waals surface area contributed by atoms with Crippen molar-refractivity contribution in [3.8, 4) is 11.3 Å². The van der Waals surface area contributed by atoms with E-state index in [2.05, 4.69) is 5.38 Å². The molecule has 1 fully saturated rings. The third-order valence-electron chi connectivity index (χ3n) is 4.21. The normalized spacial score (nSPS) is 18.3. The molecular weight excluding hydrogens is 310 g/mol. The van der Waals surface area contributed by atoms with Crippen molar-refractivity contribution >= 4 is 28.1 Å². The number of nitrogens with two attached hydrogens (primary N) is 1. The quantitative estimate of drug-likeness (QED) is 0.799. The van der Waals surface area contributed by atoms with E-state index in [9.17, 15) is 4.79 Å². The van der Waals surface area contributed by atoms with E-state index in [1.54, 1.807) is 17.4 Å². The summed E-state index contributed by atoms with van der Waals surface area (Å²) in [7, 11) is 0. The number of benzene rings is 1. The first kappa shape index (κ1) is 14.4. The summed E-state index contributed by atoms with van der Waals surface area (Å²) < 4.78 is 7.84. The first-order valence-electron chi connectivity index (χ1n) is 7.70. The van der Waals surface area contributed by atoms with Gasteiger partial charge in [0.05, 0.1) is 5.52 Å². The van der Waals surface area contributed by atoms with Crippen LogP contribution in [0.3, 0.4) is 0 Å². The van der Waals surface area contributed by atoms with Gasteiger partial charge in [0, 0.05) is 28.5 Å². The SMILES string of the molecule is NC(=O)c1ccc2c(c1)c(-c1ccsc1)nn2C1CCCCO1. The van der Waals surface area contributed by atoms with Crippen molar-refractivity contribution in [3.05, 3.63) is 40.6 Å². The maximum absolute atomic E-state index is 11.5. The van der Waals surface area contributed by atoms with Crippen LogP contribution in [-0.4, -0.2) is 22.3 Å². The minimum absolute atomic E-state index is 0.0435. The molecule has 1 saturated heterocycles. The minimum Gasteiger partial charge on any atom is -0.366 e. The fourth-order valence-corrected chi connectivity index (χ4v) is 3.68. The van der Waals surface area contributed by atoms with Crippen LogP contribution in [0.15, 0.2) is 35.0 Å². The average molecular weight is 327 g/mol. The van der Waals surface area contributed by atoms with E-state index in [-0.39, 0.29) is 6.23 Å². The number of nitrogens with zero attached hydrogens (tertiary/aromatic N) is 2. The second-order valence-electron chi connectivity index (χ2n) is 5.72. The molecule has 1 atom stereocenters. The summed E-state index contributed by atoms with van der Waals surface area (Å²) in [6, 6.07) is 7.53. The monoisotopic (exact) mass is 327 g/mol. The third kappa shape index (κ3) is 2.54. The van der Waals surface area contributed by atoms with Crippen molar-refractivity contribution in [2.75, 3.05) is 6.61 Å². The van der Waals surface area contributed by atoms with Crippen molar-refractivity contribution in [1.29, 1.82) is 0 Å². The van der Waals surface area contributed by atoms with Gasteiger partial charge in [-0.15, -0.1) is 0 Å². The Bertz CT molecular complexity index is 848. The van der Waals surface area contributed by atoms with Crippen LogP contribution in [0.5, 0.6) is 0 Å². The number of carbonyl (C=O) groups excluding carboxylic acids is 1. The van der Waals surface area contributed by atoms with E-state index in [0.29, 0.717) is 5.56 Å². The van der Waals surface area contributed by atoms with E-state index in [0.717, 1.165) is 48.0 Å². The van der Waals surface area contributed by atoms with Gasteiger partial charge in [0.1, 0.15) is 5.69 Å². The number of fused-ring (bicyclic) bond motifs is 1. The van der Waals surface area contributed by atoms with Crippen molar-refractivity contribution in [2.24, 2.45) is 5.73 Å². The zero-order valence-corrected chi connectivity index (χ0v) is 13.4. The zero-order chi connectivity index (χ0) is 15.8. The van der Waals surface area contributed by atoms with Gasteiger partial charge < -0.3 is 10.5 Å². The molecule has 6 heteroatoms. The number of aromatic nitrogens is 2. The van der Waals surface area contributed by atoms with Gasteiger partial charge in [-0.3, -0.25) is 4.79 Å². The Hall–Kier alpha value is -2.18. The second-order valence-corrected chi connectivity index (χ2v) is 6.50. The molecule has 0 bridgehead atoms. The Morgan fingerprint density at radius 3 is 2.96 bits per heavy atom. The highest BCUT2D eigenvalue weighted by atomic mass is 32.1. The van der Waals surface area contributed by atoms with E-state index in [4.69, 9.17) is 15.6 Å². The van der Waals surface area contributed by atoms with Gasteiger partial charge in [0.25, 0.3) is 0 Å². The lowest BCUT2D eigenvalue weighted by atomic mass is 10.1. The highest BCUT2D eigenvalue weighted by molar-refractivity contribution is 7.08. The second kappa shape index (κ2) is 5.79. The van der Waals surface area contributed by atoms with Gasteiger partial charge in [-0.2, -0.15) is 16.4 Å². The van der Waals surface area contributed by atoms with Crippen LogP contribution in [0.2, 0.25) is 0 Å². The Kier molecular flexibility index (Phi) is 3.63. The van der Waals surface area contributed by atoms with E-state index >= 15 is 0 Å². The van der Waals surface area contributed by atoms with Crippen LogP contribution >= 0.6 is 11.3 Å². The highest BCUT2D eigenvalue weighted by Crippen LogP contribution is 2.34. The third-order valence-corrected chi connectivity index (χ3v) is 4.90. The molecule has 3 heterocycles. The van der Waals surface area contributed by atoms with Gasteiger partial charge >= 0.3 is 0 Å². The zero-order valence-electron chi connectivity index (χ0n) is 12.6. The number of carbonyl (C=O) groups is 1. The van der Waals surface area contributed by atoms with Gasteiger partial charge in [-0.1, -0.05) is 0 Å². The number of thiophene rings is 1. The van der Waals surface area contributed by atoms with Crippen LogP contribution in [0.4, 0.5) is 0 Å². The van der Waals surface area contributed by atoms with Crippen LogP contribution in [-0.2, 0) is 4.74 Å². The summed E-state index contributed by atoms with van der Waals surface area (Å²) in [6.45, 7) is 0.763. The summed E-state index contributed by atoms with van der Waals surface area (Å²) in [6.07, 6.45) is 3.15. The summed E-state index contributed by atoms with van der Waals surface area (Å²) in [5.41, 5.74) is 8.83. The molecule has 0 spiro atoms. The molecule has 1 aromatic carbocycles. The molecule has 1 unspecified atom stereocenters. The van der Waals surface area contributed by atoms with Crippen LogP contribution in [0.1, 0.15) is 35.8 Å². The molecule has 1 aliphatic rings. The first-order chi connectivity index (χ1) is 11.2. The number of amides is 1. The molecule has 1 aliphatic heterocycles.